The molecule has 0 aliphatic carbocycles. The van der Waals surface area contributed by atoms with Crippen LogP contribution in [0.3, 0.4) is 0 Å². The van der Waals surface area contributed by atoms with Crippen LogP contribution < -0.4 is 5.32 Å². The van der Waals surface area contributed by atoms with E-state index in [0.29, 0.717) is 24.4 Å². The van der Waals surface area contributed by atoms with Crippen LogP contribution in [-0.4, -0.2) is 63.0 Å². The van der Waals surface area contributed by atoms with Crippen molar-refractivity contribution in [2.45, 2.75) is 44.8 Å². The van der Waals surface area contributed by atoms with Gasteiger partial charge in [-0.25, -0.2) is 0 Å². The molecule has 1 aromatic carbocycles. The number of carbonyl (C=O) groups excluding carboxylic acids is 3. The van der Waals surface area contributed by atoms with Gasteiger partial charge in [-0.15, -0.1) is 6.42 Å². The number of amides is 3. The van der Waals surface area contributed by atoms with E-state index in [0.717, 1.165) is 50.1 Å². The molecular formula is C25H27N5O3. The van der Waals surface area contributed by atoms with E-state index in [9.17, 15) is 14.4 Å². The summed E-state index contributed by atoms with van der Waals surface area (Å²) in [5, 5.41) is 6.63. The van der Waals surface area contributed by atoms with Gasteiger partial charge in [0.15, 0.2) is 0 Å². The van der Waals surface area contributed by atoms with Gasteiger partial charge in [-0.1, -0.05) is 18.1 Å². The van der Waals surface area contributed by atoms with Gasteiger partial charge in [0.05, 0.1) is 11.8 Å². The maximum absolute atomic E-state index is 13.0. The Hall–Kier alpha value is -3.44. The van der Waals surface area contributed by atoms with Crippen molar-refractivity contribution >= 4 is 17.7 Å². The highest BCUT2D eigenvalue weighted by Crippen LogP contribution is 2.32. The zero-order valence-electron chi connectivity index (χ0n) is 18.5. The van der Waals surface area contributed by atoms with E-state index in [1.807, 2.05) is 23.0 Å². The molecular weight excluding hydrogens is 418 g/mol. The summed E-state index contributed by atoms with van der Waals surface area (Å²) in [5.41, 5.74) is 3.73. The topological polar surface area (TPSA) is 87.5 Å². The maximum atomic E-state index is 13.0. The fourth-order valence-electron chi connectivity index (χ4n) is 5.16. The molecule has 1 atom stereocenters. The summed E-state index contributed by atoms with van der Waals surface area (Å²) in [6.45, 7) is 4.41. The van der Waals surface area contributed by atoms with E-state index in [4.69, 9.17) is 6.42 Å². The summed E-state index contributed by atoms with van der Waals surface area (Å²) in [5.74, 6) is 2.42. The highest BCUT2D eigenvalue weighted by atomic mass is 16.2. The zero-order valence-corrected chi connectivity index (χ0v) is 18.5. The first-order valence-electron chi connectivity index (χ1n) is 11.5. The first-order chi connectivity index (χ1) is 16.0. The molecule has 1 N–H and O–H groups in total. The first kappa shape index (κ1) is 21.4. The van der Waals surface area contributed by atoms with Crippen molar-refractivity contribution in [3.63, 3.8) is 0 Å². The highest BCUT2D eigenvalue weighted by molar-refractivity contribution is 6.05. The molecule has 3 amide bonds. The molecule has 1 aromatic heterocycles. The lowest BCUT2D eigenvalue weighted by atomic mass is 9.89. The lowest BCUT2D eigenvalue weighted by molar-refractivity contribution is -0.136. The maximum Gasteiger partial charge on any atom is 0.255 e. The molecule has 0 radical (unpaired) electrons. The number of benzene rings is 1. The number of hydrogen-bond donors (Lipinski definition) is 1. The summed E-state index contributed by atoms with van der Waals surface area (Å²) in [4.78, 5) is 40.8. The van der Waals surface area contributed by atoms with E-state index in [-0.39, 0.29) is 24.1 Å². The number of aromatic nitrogens is 2. The predicted molar refractivity (Wildman–Crippen MR) is 121 cm³/mol. The van der Waals surface area contributed by atoms with E-state index >= 15 is 0 Å². The standard InChI is InChI=1S/C25H27N5O3/c1-2-17-12-26-29(15-17)10-4-9-28-13-18(14-28)11-19-5-3-6-20-21(19)16-30(25(20)33)22-7-8-23(31)27-24(22)32/h1,3,5-6,12,15,18,22H,4,7-11,13-14,16H2,(H,27,31,32). The Morgan fingerprint density at radius 1 is 1.18 bits per heavy atom. The van der Waals surface area contributed by atoms with Crippen molar-refractivity contribution in [2.75, 3.05) is 19.6 Å². The summed E-state index contributed by atoms with van der Waals surface area (Å²) in [7, 11) is 0. The van der Waals surface area contributed by atoms with Crippen LogP contribution >= 0.6 is 0 Å². The zero-order chi connectivity index (χ0) is 22.9. The number of piperidine rings is 1. The lowest BCUT2D eigenvalue weighted by Crippen LogP contribution is -2.52. The number of carbonyl (C=O) groups is 3. The normalized spacial score (nSPS) is 21.0. The third-order valence-electron chi connectivity index (χ3n) is 6.88. The monoisotopic (exact) mass is 445 g/mol. The highest BCUT2D eigenvalue weighted by Gasteiger charge is 2.40. The Morgan fingerprint density at radius 2 is 2.03 bits per heavy atom. The fourth-order valence-corrected chi connectivity index (χ4v) is 5.16. The van der Waals surface area contributed by atoms with Crippen LogP contribution in [-0.2, 0) is 29.1 Å². The van der Waals surface area contributed by atoms with E-state index < -0.39 is 6.04 Å². The second kappa shape index (κ2) is 8.83. The van der Waals surface area contributed by atoms with Crippen LogP contribution in [0.15, 0.2) is 30.6 Å². The summed E-state index contributed by atoms with van der Waals surface area (Å²) >= 11 is 0. The van der Waals surface area contributed by atoms with Crippen molar-refractivity contribution in [3.05, 3.63) is 52.8 Å². The molecule has 2 saturated heterocycles. The number of likely N-dealkylation sites (tertiary alicyclic amines) is 1. The molecule has 4 heterocycles. The first-order valence-corrected chi connectivity index (χ1v) is 11.5. The molecule has 0 bridgehead atoms. The molecule has 170 valence electrons. The van der Waals surface area contributed by atoms with Crippen LogP contribution in [0.2, 0.25) is 0 Å². The van der Waals surface area contributed by atoms with E-state index in [1.54, 1.807) is 11.1 Å². The van der Waals surface area contributed by atoms with E-state index in [2.05, 4.69) is 27.3 Å². The van der Waals surface area contributed by atoms with Crippen molar-refractivity contribution in [3.8, 4) is 12.3 Å². The quantitative estimate of drug-likeness (QED) is 0.511. The van der Waals surface area contributed by atoms with Gasteiger partial charge in [-0.3, -0.25) is 24.4 Å². The van der Waals surface area contributed by atoms with E-state index in [1.165, 1.54) is 5.56 Å². The van der Waals surface area contributed by atoms with Gasteiger partial charge in [0.1, 0.15) is 6.04 Å². The number of fused-ring (bicyclic) bond motifs is 1. The average molecular weight is 446 g/mol. The molecule has 2 fully saturated rings. The van der Waals surface area contributed by atoms with Gasteiger partial charge in [-0.2, -0.15) is 5.10 Å². The smallest absolute Gasteiger partial charge is 0.255 e. The molecule has 8 nitrogen and oxygen atoms in total. The number of hydrogen-bond acceptors (Lipinski definition) is 5. The summed E-state index contributed by atoms with van der Waals surface area (Å²) in [6.07, 6.45) is 11.6. The largest absolute Gasteiger partial charge is 0.322 e. The van der Waals surface area contributed by atoms with Crippen molar-refractivity contribution in [1.29, 1.82) is 0 Å². The Morgan fingerprint density at radius 3 is 2.79 bits per heavy atom. The van der Waals surface area contributed by atoms with Crippen molar-refractivity contribution in [1.82, 2.24) is 24.9 Å². The van der Waals surface area contributed by atoms with Crippen LogP contribution in [0.4, 0.5) is 0 Å². The molecule has 3 aliphatic heterocycles. The minimum Gasteiger partial charge on any atom is -0.322 e. The number of terminal acetylenes is 1. The fraction of sp³-hybridized carbons (Fsp3) is 0.440. The molecule has 0 spiro atoms. The van der Waals surface area contributed by atoms with Crippen LogP contribution in [0.25, 0.3) is 0 Å². The summed E-state index contributed by atoms with van der Waals surface area (Å²) in [6, 6.07) is 5.32. The molecule has 5 rings (SSSR count). The van der Waals surface area contributed by atoms with Gasteiger partial charge in [0.25, 0.3) is 5.91 Å². The van der Waals surface area contributed by atoms with Crippen LogP contribution in [0.5, 0.6) is 0 Å². The third-order valence-corrected chi connectivity index (χ3v) is 6.88. The molecule has 3 aliphatic rings. The summed E-state index contributed by atoms with van der Waals surface area (Å²) < 4.78 is 1.89. The molecule has 0 saturated carbocycles. The molecule has 2 aromatic rings. The number of nitrogens with one attached hydrogen (secondary N) is 1. The second-order valence-electron chi connectivity index (χ2n) is 9.16. The van der Waals surface area contributed by atoms with Gasteiger partial charge in [-0.05, 0) is 48.9 Å². The number of aryl methyl sites for hydroxylation is 1. The molecule has 1 unspecified atom stereocenters. The Balaban J connectivity index is 1.14. The SMILES string of the molecule is C#Cc1cnn(CCCN2CC(Cc3cccc4c3CN(C3CCC(=O)NC3=O)C4=O)C2)c1. The van der Waals surface area contributed by atoms with Gasteiger partial charge >= 0.3 is 0 Å². The minimum atomic E-state index is -0.568. The number of rotatable bonds is 7. The average Bonchev–Trinajstić information content (AvgIpc) is 3.37. The lowest BCUT2D eigenvalue weighted by Gasteiger charge is -2.39. The van der Waals surface area contributed by atoms with Crippen molar-refractivity contribution < 1.29 is 14.4 Å². The Labute approximate surface area is 192 Å². The number of imide groups is 1. The number of nitrogens with zero attached hydrogens (tertiary/aromatic N) is 4. The minimum absolute atomic E-state index is 0.108. The Kier molecular flexibility index (Phi) is 5.73. The third kappa shape index (κ3) is 4.29. The van der Waals surface area contributed by atoms with Crippen molar-refractivity contribution in [2.24, 2.45) is 5.92 Å². The van der Waals surface area contributed by atoms with Crippen LogP contribution in [0.1, 0.15) is 46.3 Å². The second-order valence-corrected chi connectivity index (χ2v) is 9.16. The molecule has 33 heavy (non-hydrogen) atoms. The van der Waals surface area contributed by atoms with Gasteiger partial charge in [0.2, 0.25) is 11.8 Å². The Bertz CT molecular complexity index is 1140. The molecule has 8 heteroatoms. The van der Waals surface area contributed by atoms with Gasteiger partial charge < -0.3 is 9.80 Å². The predicted octanol–water partition coefficient (Wildman–Crippen LogP) is 1.19. The van der Waals surface area contributed by atoms with Crippen LogP contribution in [0, 0.1) is 18.3 Å². The van der Waals surface area contributed by atoms with Gasteiger partial charge in [0, 0.05) is 44.4 Å².